The molecule has 0 unspecified atom stereocenters. The molecular formula is C14H18N4O3. The number of carbonyl (C=O) groups is 2. The zero-order chi connectivity index (χ0) is 15.1. The number of H-pyrrole nitrogens is 1. The third-order valence-corrected chi connectivity index (χ3v) is 2.95. The van der Waals surface area contributed by atoms with Crippen molar-refractivity contribution < 1.29 is 14.3 Å². The molecule has 0 bridgehead atoms. The number of carbonyl (C=O) groups excluding carboxylic acids is 2. The van der Waals surface area contributed by atoms with Crippen LogP contribution in [0, 0.1) is 0 Å². The maximum atomic E-state index is 12.0. The molecule has 0 radical (unpaired) electrons. The number of methoxy groups -OCH3 is 1. The van der Waals surface area contributed by atoms with E-state index in [-0.39, 0.29) is 24.8 Å². The van der Waals surface area contributed by atoms with Gasteiger partial charge in [-0.15, -0.1) is 0 Å². The van der Waals surface area contributed by atoms with Crippen LogP contribution in [0.4, 0.5) is 0 Å². The summed E-state index contributed by atoms with van der Waals surface area (Å²) in [5, 5.41) is 12.9. The predicted octanol–water partition coefficient (Wildman–Crippen LogP) is 0.445. The summed E-state index contributed by atoms with van der Waals surface area (Å²) < 4.78 is 4.83. The number of amides is 2. The van der Waals surface area contributed by atoms with Gasteiger partial charge in [-0.1, -0.05) is 18.2 Å². The topological polar surface area (TPSA) is 96.1 Å². The Bertz CT molecular complexity index is 623. The number of benzene rings is 1. The fourth-order valence-electron chi connectivity index (χ4n) is 1.89. The van der Waals surface area contributed by atoms with Crippen molar-refractivity contribution in [1.29, 1.82) is 0 Å². The van der Waals surface area contributed by atoms with Crippen LogP contribution in [0.3, 0.4) is 0 Å². The highest BCUT2D eigenvalue weighted by atomic mass is 16.5. The minimum absolute atomic E-state index is 0.126. The van der Waals surface area contributed by atoms with E-state index in [0.29, 0.717) is 18.8 Å². The van der Waals surface area contributed by atoms with Crippen LogP contribution in [-0.4, -0.2) is 48.8 Å². The van der Waals surface area contributed by atoms with E-state index in [0.717, 1.165) is 10.9 Å². The summed E-state index contributed by atoms with van der Waals surface area (Å²) in [6.07, 6.45) is 0.220. The molecule has 2 aromatic rings. The highest BCUT2D eigenvalue weighted by molar-refractivity contribution is 6.04. The molecule has 1 aromatic heterocycles. The van der Waals surface area contributed by atoms with Crippen molar-refractivity contribution in [2.24, 2.45) is 0 Å². The molecule has 0 atom stereocenters. The van der Waals surface area contributed by atoms with Gasteiger partial charge in [-0.3, -0.25) is 14.7 Å². The number of hydrogen-bond donors (Lipinski definition) is 3. The number of para-hydroxylation sites is 1. The maximum Gasteiger partial charge on any atom is 0.272 e. The molecule has 0 aliphatic carbocycles. The molecule has 7 nitrogen and oxygen atoms in total. The fraction of sp³-hybridized carbons (Fsp3) is 0.357. The number of rotatable bonds is 7. The molecular weight excluding hydrogens is 272 g/mol. The Hall–Kier alpha value is -2.41. The van der Waals surface area contributed by atoms with E-state index in [1.54, 1.807) is 7.11 Å². The second kappa shape index (κ2) is 7.39. The Kier molecular flexibility index (Phi) is 5.28. The molecule has 0 saturated heterocycles. The quantitative estimate of drug-likeness (QED) is 0.645. The Morgan fingerprint density at radius 3 is 2.86 bits per heavy atom. The van der Waals surface area contributed by atoms with E-state index in [9.17, 15) is 9.59 Å². The van der Waals surface area contributed by atoms with Crippen LogP contribution in [0.5, 0.6) is 0 Å². The van der Waals surface area contributed by atoms with Crippen LogP contribution in [-0.2, 0) is 9.53 Å². The lowest BCUT2D eigenvalue weighted by molar-refractivity contribution is -0.121. The molecule has 2 rings (SSSR count). The normalized spacial score (nSPS) is 10.5. The monoisotopic (exact) mass is 290 g/mol. The van der Waals surface area contributed by atoms with Crippen LogP contribution in [0.15, 0.2) is 24.3 Å². The minimum Gasteiger partial charge on any atom is -0.383 e. The highest BCUT2D eigenvalue weighted by Crippen LogP contribution is 2.14. The van der Waals surface area contributed by atoms with Gasteiger partial charge in [0.2, 0.25) is 5.91 Å². The van der Waals surface area contributed by atoms with Gasteiger partial charge in [-0.2, -0.15) is 5.10 Å². The summed E-state index contributed by atoms with van der Waals surface area (Å²) >= 11 is 0. The molecule has 0 saturated carbocycles. The summed E-state index contributed by atoms with van der Waals surface area (Å²) in [6.45, 7) is 1.20. The predicted molar refractivity (Wildman–Crippen MR) is 77.9 cm³/mol. The molecule has 7 heteroatoms. The molecule has 0 spiro atoms. The number of aromatic amines is 1. The van der Waals surface area contributed by atoms with Gasteiger partial charge >= 0.3 is 0 Å². The van der Waals surface area contributed by atoms with E-state index in [1.165, 1.54) is 0 Å². The number of ether oxygens (including phenoxy) is 1. The molecule has 0 aliphatic rings. The lowest BCUT2D eigenvalue weighted by atomic mass is 10.2. The first-order chi connectivity index (χ1) is 10.2. The van der Waals surface area contributed by atoms with Gasteiger partial charge in [-0.05, 0) is 6.07 Å². The van der Waals surface area contributed by atoms with Crippen molar-refractivity contribution in [3.8, 4) is 0 Å². The Balaban J connectivity index is 1.81. The van der Waals surface area contributed by atoms with Gasteiger partial charge in [-0.25, -0.2) is 0 Å². The van der Waals surface area contributed by atoms with Crippen LogP contribution >= 0.6 is 0 Å². The molecule has 0 aliphatic heterocycles. The zero-order valence-electron chi connectivity index (χ0n) is 11.8. The molecule has 21 heavy (non-hydrogen) atoms. The van der Waals surface area contributed by atoms with E-state index in [1.807, 2.05) is 24.3 Å². The number of hydrogen-bond acceptors (Lipinski definition) is 4. The summed E-state index contributed by atoms with van der Waals surface area (Å²) in [6, 6.07) is 7.39. The zero-order valence-corrected chi connectivity index (χ0v) is 11.8. The van der Waals surface area contributed by atoms with Gasteiger partial charge in [0.15, 0.2) is 5.69 Å². The van der Waals surface area contributed by atoms with E-state index in [4.69, 9.17) is 4.74 Å². The third kappa shape index (κ3) is 4.03. The molecule has 0 fully saturated rings. The molecule has 1 heterocycles. The van der Waals surface area contributed by atoms with E-state index in [2.05, 4.69) is 20.8 Å². The van der Waals surface area contributed by atoms with Crippen molar-refractivity contribution in [3.05, 3.63) is 30.0 Å². The molecule has 3 N–H and O–H groups in total. The van der Waals surface area contributed by atoms with Crippen LogP contribution in [0.2, 0.25) is 0 Å². The van der Waals surface area contributed by atoms with Crippen molar-refractivity contribution in [1.82, 2.24) is 20.8 Å². The van der Waals surface area contributed by atoms with Crippen LogP contribution < -0.4 is 10.6 Å². The van der Waals surface area contributed by atoms with Crippen molar-refractivity contribution in [2.45, 2.75) is 6.42 Å². The third-order valence-electron chi connectivity index (χ3n) is 2.95. The number of fused-ring (bicyclic) bond motifs is 1. The SMILES string of the molecule is COCCNC(=O)CCNC(=O)c1n[nH]c2ccccc12. The van der Waals surface area contributed by atoms with Gasteiger partial charge in [0.1, 0.15) is 0 Å². The smallest absolute Gasteiger partial charge is 0.272 e. The van der Waals surface area contributed by atoms with Gasteiger partial charge in [0.05, 0.1) is 12.1 Å². The summed E-state index contributed by atoms with van der Waals surface area (Å²) in [5.74, 6) is -0.420. The van der Waals surface area contributed by atoms with E-state index >= 15 is 0 Å². The first-order valence-corrected chi connectivity index (χ1v) is 6.69. The largest absolute Gasteiger partial charge is 0.383 e. The van der Waals surface area contributed by atoms with Gasteiger partial charge < -0.3 is 15.4 Å². The van der Waals surface area contributed by atoms with Crippen LogP contribution in [0.25, 0.3) is 10.9 Å². The first kappa shape index (κ1) is 15.0. The first-order valence-electron chi connectivity index (χ1n) is 6.69. The summed E-state index contributed by atoms with van der Waals surface area (Å²) in [5.41, 5.74) is 1.14. The standard InChI is InChI=1S/C14H18N4O3/c1-21-9-8-15-12(19)6-7-16-14(20)13-10-4-2-3-5-11(10)17-18-13/h2-5H,6-9H2,1H3,(H,15,19)(H,16,20)(H,17,18). The second-order valence-electron chi connectivity index (χ2n) is 4.47. The maximum absolute atomic E-state index is 12.0. The van der Waals surface area contributed by atoms with E-state index < -0.39 is 0 Å². The fourth-order valence-corrected chi connectivity index (χ4v) is 1.89. The Labute approximate surface area is 122 Å². The van der Waals surface area contributed by atoms with Crippen LogP contribution in [0.1, 0.15) is 16.9 Å². The lowest BCUT2D eigenvalue weighted by Crippen LogP contribution is -2.32. The second-order valence-corrected chi connectivity index (χ2v) is 4.47. The highest BCUT2D eigenvalue weighted by Gasteiger charge is 2.13. The minimum atomic E-state index is -0.294. The molecule has 112 valence electrons. The Morgan fingerprint density at radius 2 is 2.05 bits per heavy atom. The van der Waals surface area contributed by atoms with Crippen molar-refractivity contribution >= 4 is 22.7 Å². The van der Waals surface area contributed by atoms with Gasteiger partial charge in [0.25, 0.3) is 5.91 Å². The summed E-state index contributed by atoms with van der Waals surface area (Å²) in [7, 11) is 1.57. The number of nitrogens with one attached hydrogen (secondary N) is 3. The molecule has 1 aromatic carbocycles. The van der Waals surface area contributed by atoms with Crippen molar-refractivity contribution in [2.75, 3.05) is 26.8 Å². The van der Waals surface area contributed by atoms with Gasteiger partial charge in [0, 0.05) is 32.0 Å². The lowest BCUT2D eigenvalue weighted by Gasteiger charge is -2.05. The Morgan fingerprint density at radius 1 is 1.24 bits per heavy atom. The molecule has 2 amide bonds. The average molecular weight is 290 g/mol. The number of aromatic nitrogens is 2. The average Bonchev–Trinajstić information content (AvgIpc) is 2.91. The summed E-state index contributed by atoms with van der Waals surface area (Å²) in [4.78, 5) is 23.5. The number of nitrogens with zero attached hydrogens (tertiary/aromatic N) is 1. The van der Waals surface area contributed by atoms with Crippen molar-refractivity contribution in [3.63, 3.8) is 0 Å².